The number of hydrogen-bond donors (Lipinski definition) is 0. The van der Waals surface area contributed by atoms with Gasteiger partial charge in [0.2, 0.25) is 0 Å². The van der Waals surface area contributed by atoms with Crippen molar-refractivity contribution in [3.05, 3.63) is 59.7 Å². The van der Waals surface area contributed by atoms with Crippen molar-refractivity contribution in [1.82, 2.24) is 4.90 Å². The Morgan fingerprint density at radius 1 is 0.963 bits per heavy atom. The van der Waals surface area contributed by atoms with Gasteiger partial charge >= 0.3 is 0 Å². The van der Waals surface area contributed by atoms with Crippen LogP contribution < -0.4 is 9.47 Å². The van der Waals surface area contributed by atoms with E-state index in [9.17, 15) is 4.79 Å². The van der Waals surface area contributed by atoms with Crippen molar-refractivity contribution >= 4 is 5.91 Å². The molecule has 2 aromatic rings. The van der Waals surface area contributed by atoms with E-state index >= 15 is 0 Å². The Labute approximate surface area is 160 Å². The second kappa shape index (κ2) is 8.91. The van der Waals surface area contributed by atoms with E-state index in [1.165, 1.54) is 5.56 Å². The minimum absolute atomic E-state index is 0.0133. The van der Waals surface area contributed by atoms with Crippen LogP contribution in [0.25, 0.3) is 0 Å². The topological polar surface area (TPSA) is 48.0 Å². The highest BCUT2D eigenvalue weighted by Crippen LogP contribution is 2.34. The number of carbonyl (C=O) groups is 1. The van der Waals surface area contributed by atoms with Crippen LogP contribution in [0.3, 0.4) is 0 Å². The highest BCUT2D eigenvalue weighted by molar-refractivity contribution is 5.95. The number of amides is 1. The van der Waals surface area contributed by atoms with Crippen molar-refractivity contribution in [2.45, 2.75) is 18.9 Å². The van der Waals surface area contributed by atoms with Gasteiger partial charge in [0.25, 0.3) is 5.91 Å². The summed E-state index contributed by atoms with van der Waals surface area (Å²) in [7, 11) is 4.93. The van der Waals surface area contributed by atoms with Crippen LogP contribution in [0.1, 0.15) is 34.9 Å². The SMILES string of the molecule is COc1cc(OC)cc(C(=O)N2CCC(C(OC)c3ccccc3)CC2)c1. The summed E-state index contributed by atoms with van der Waals surface area (Å²) in [5, 5.41) is 0. The fourth-order valence-electron chi connectivity index (χ4n) is 3.76. The normalized spacial score (nSPS) is 16.0. The minimum atomic E-state index is 0.0133. The number of likely N-dealkylation sites (tertiary alicyclic amines) is 1. The van der Waals surface area contributed by atoms with Gasteiger partial charge in [-0.2, -0.15) is 0 Å². The van der Waals surface area contributed by atoms with E-state index in [0.29, 0.717) is 23.0 Å². The molecule has 0 saturated carbocycles. The maximum Gasteiger partial charge on any atom is 0.254 e. The maximum absolute atomic E-state index is 12.9. The van der Waals surface area contributed by atoms with Gasteiger partial charge in [0.1, 0.15) is 11.5 Å². The zero-order valence-electron chi connectivity index (χ0n) is 16.2. The summed E-state index contributed by atoms with van der Waals surface area (Å²) in [6, 6.07) is 15.6. The molecule has 1 heterocycles. The third kappa shape index (κ3) is 4.42. The van der Waals surface area contributed by atoms with Gasteiger partial charge in [-0.15, -0.1) is 0 Å². The van der Waals surface area contributed by atoms with Crippen molar-refractivity contribution in [1.29, 1.82) is 0 Å². The molecule has 1 amide bonds. The Morgan fingerprint density at radius 3 is 2.07 bits per heavy atom. The molecule has 5 heteroatoms. The van der Waals surface area contributed by atoms with E-state index in [1.807, 2.05) is 23.1 Å². The summed E-state index contributed by atoms with van der Waals surface area (Å²) in [4.78, 5) is 14.8. The van der Waals surface area contributed by atoms with Gasteiger partial charge in [-0.1, -0.05) is 30.3 Å². The number of methoxy groups -OCH3 is 3. The third-order valence-corrected chi connectivity index (χ3v) is 5.24. The molecule has 0 radical (unpaired) electrons. The standard InChI is InChI=1S/C22H27NO4/c1-25-19-13-18(14-20(15-19)26-2)22(24)23-11-9-17(10-12-23)21(27-3)16-7-5-4-6-8-16/h4-8,13-15,17,21H,9-12H2,1-3H3. The molecule has 0 bridgehead atoms. The Bertz CT molecular complexity index is 732. The Morgan fingerprint density at radius 2 is 1.56 bits per heavy atom. The number of piperidine rings is 1. The Balaban J connectivity index is 1.67. The molecule has 2 aromatic carbocycles. The minimum Gasteiger partial charge on any atom is -0.497 e. The van der Waals surface area contributed by atoms with Gasteiger partial charge < -0.3 is 19.1 Å². The highest BCUT2D eigenvalue weighted by atomic mass is 16.5. The van der Waals surface area contributed by atoms with E-state index in [0.717, 1.165) is 25.9 Å². The number of ether oxygens (including phenoxy) is 3. The number of benzene rings is 2. The molecule has 0 aliphatic carbocycles. The lowest BCUT2D eigenvalue weighted by Crippen LogP contribution is -2.40. The summed E-state index contributed by atoms with van der Waals surface area (Å²) in [6.07, 6.45) is 1.90. The van der Waals surface area contributed by atoms with Crippen LogP contribution >= 0.6 is 0 Å². The molecule has 3 rings (SSSR count). The van der Waals surface area contributed by atoms with Crippen LogP contribution in [0.4, 0.5) is 0 Å². The van der Waals surface area contributed by atoms with Gasteiger partial charge in [-0.3, -0.25) is 4.79 Å². The maximum atomic E-state index is 12.9. The summed E-state index contributed by atoms with van der Waals surface area (Å²) in [6.45, 7) is 1.44. The monoisotopic (exact) mass is 369 g/mol. The molecule has 5 nitrogen and oxygen atoms in total. The van der Waals surface area contributed by atoms with E-state index in [1.54, 1.807) is 39.5 Å². The van der Waals surface area contributed by atoms with Crippen molar-refractivity contribution in [2.24, 2.45) is 5.92 Å². The quantitative estimate of drug-likeness (QED) is 0.774. The zero-order valence-corrected chi connectivity index (χ0v) is 16.2. The van der Waals surface area contributed by atoms with Crippen molar-refractivity contribution in [3.8, 4) is 11.5 Å². The lowest BCUT2D eigenvalue weighted by Gasteiger charge is -2.35. The highest BCUT2D eigenvalue weighted by Gasteiger charge is 2.30. The first kappa shape index (κ1) is 19.2. The summed E-state index contributed by atoms with van der Waals surface area (Å²) < 4.78 is 16.3. The molecule has 1 unspecified atom stereocenters. The molecular weight excluding hydrogens is 342 g/mol. The van der Waals surface area contributed by atoms with E-state index in [4.69, 9.17) is 14.2 Å². The molecule has 0 spiro atoms. The molecular formula is C22H27NO4. The van der Waals surface area contributed by atoms with E-state index in [2.05, 4.69) is 12.1 Å². The first-order valence-corrected chi connectivity index (χ1v) is 9.26. The molecule has 0 N–H and O–H groups in total. The lowest BCUT2D eigenvalue weighted by molar-refractivity contribution is 0.0194. The van der Waals surface area contributed by atoms with Crippen molar-refractivity contribution in [3.63, 3.8) is 0 Å². The summed E-state index contributed by atoms with van der Waals surface area (Å²) in [5.74, 6) is 1.66. The van der Waals surface area contributed by atoms with Gasteiger partial charge in [0.15, 0.2) is 0 Å². The largest absolute Gasteiger partial charge is 0.497 e. The van der Waals surface area contributed by atoms with Gasteiger partial charge in [0, 0.05) is 31.8 Å². The van der Waals surface area contributed by atoms with Crippen LogP contribution in [0.5, 0.6) is 11.5 Å². The molecule has 0 aromatic heterocycles. The van der Waals surface area contributed by atoms with Crippen molar-refractivity contribution in [2.75, 3.05) is 34.4 Å². The predicted octanol–water partition coefficient (Wildman–Crippen LogP) is 3.94. The summed E-state index contributed by atoms with van der Waals surface area (Å²) in [5.41, 5.74) is 1.79. The number of rotatable bonds is 6. The smallest absolute Gasteiger partial charge is 0.254 e. The van der Waals surface area contributed by atoms with Gasteiger partial charge in [0.05, 0.1) is 20.3 Å². The van der Waals surface area contributed by atoms with Crippen molar-refractivity contribution < 1.29 is 19.0 Å². The fourth-order valence-corrected chi connectivity index (χ4v) is 3.76. The second-order valence-corrected chi connectivity index (χ2v) is 6.80. The molecule has 27 heavy (non-hydrogen) atoms. The molecule has 1 aliphatic heterocycles. The van der Waals surface area contributed by atoms with Gasteiger partial charge in [-0.05, 0) is 36.5 Å². The molecule has 1 fully saturated rings. The first-order valence-electron chi connectivity index (χ1n) is 9.26. The lowest BCUT2D eigenvalue weighted by atomic mass is 9.87. The molecule has 1 aliphatic rings. The predicted molar refractivity (Wildman–Crippen MR) is 104 cm³/mol. The first-order chi connectivity index (χ1) is 13.2. The zero-order chi connectivity index (χ0) is 19.2. The van der Waals surface area contributed by atoms with Crippen LogP contribution in [0, 0.1) is 5.92 Å². The molecule has 1 atom stereocenters. The number of carbonyl (C=O) groups excluding carboxylic acids is 1. The summed E-state index contributed by atoms with van der Waals surface area (Å²) >= 11 is 0. The van der Waals surface area contributed by atoms with Crippen LogP contribution in [-0.4, -0.2) is 45.2 Å². The number of nitrogens with zero attached hydrogens (tertiary/aromatic N) is 1. The average molecular weight is 369 g/mol. The average Bonchev–Trinajstić information content (AvgIpc) is 2.74. The van der Waals surface area contributed by atoms with E-state index in [-0.39, 0.29) is 12.0 Å². The van der Waals surface area contributed by atoms with E-state index < -0.39 is 0 Å². The second-order valence-electron chi connectivity index (χ2n) is 6.80. The number of hydrogen-bond acceptors (Lipinski definition) is 4. The molecule has 1 saturated heterocycles. The van der Waals surface area contributed by atoms with Crippen LogP contribution in [0.15, 0.2) is 48.5 Å². The third-order valence-electron chi connectivity index (χ3n) is 5.24. The van der Waals surface area contributed by atoms with Crippen LogP contribution in [-0.2, 0) is 4.74 Å². The fraction of sp³-hybridized carbons (Fsp3) is 0.409. The Hall–Kier alpha value is -2.53. The Kier molecular flexibility index (Phi) is 6.35. The van der Waals surface area contributed by atoms with Gasteiger partial charge in [-0.25, -0.2) is 0 Å². The van der Waals surface area contributed by atoms with Crippen LogP contribution in [0.2, 0.25) is 0 Å². The molecule has 144 valence electrons.